The van der Waals surface area contributed by atoms with E-state index in [0.29, 0.717) is 12.0 Å². The van der Waals surface area contributed by atoms with Crippen molar-refractivity contribution >= 4 is 5.71 Å². The minimum atomic E-state index is 0. The monoisotopic (exact) mass is 356 g/mol. The first-order valence-electron chi connectivity index (χ1n) is 8.23. The molecule has 0 bridgehead atoms. The van der Waals surface area contributed by atoms with Gasteiger partial charge in [-0.2, -0.15) is 35.4 Å². The van der Waals surface area contributed by atoms with Gasteiger partial charge in [0, 0.05) is 11.5 Å². The first-order valence-corrected chi connectivity index (χ1v) is 8.23. The SMILES string of the molecule is [Fe+2].c1c[cH-]c(C2NN=C3c4ccccc4CCC32)c1.c1cc[cH-]c1. The van der Waals surface area contributed by atoms with Crippen LogP contribution >= 0.6 is 0 Å². The summed E-state index contributed by atoms with van der Waals surface area (Å²) in [4.78, 5) is 0. The number of hydrazone groups is 1. The molecule has 3 aromatic carbocycles. The second-order valence-corrected chi connectivity index (χ2v) is 6.09. The molecule has 5 rings (SSSR count). The van der Waals surface area contributed by atoms with Crippen molar-refractivity contribution in [3.05, 3.63) is 95.6 Å². The van der Waals surface area contributed by atoms with E-state index in [9.17, 15) is 0 Å². The van der Waals surface area contributed by atoms with Gasteiger partial charge >= 0.3 is 17.1 Å². The Morgan fingerprint density at radius 3 is 2.50 bits per heavy atom. The zero-order chi connectivity index (χ0) is 15.5. The third-order valence-corrected chi connectivity index (χ3v) is 4.70. The summed E-state index contributed by atoms with van der Waals surface area (Å²) in [6, 6.07) is 27.6. The van der Waals surface area contributed by atoms with E-state index >= 15 is 0 Å². The maximum absolute atomic E-state index is 4.60. The van der Waals surface area contributed by atoms with Crippen LogP contribution < -0.4 is 5.43 Å². The van der Waals surface area contributed by atoms with Crippen LogP contribution in [0, 0.1) is 5.92 Å². The van der Waals surface area contributed by atoms with E-state index in [1.807, 2.05) is 30.3 Å². The summed E-state index contributed by atoms with van der Waals surface area (Å²) >= 11 is 0. The fraction of sp³-hybridized carbons (Fsp3) is 0.190. The van der Waals surface area contributed by atoms with Gasteiger partial charge in [0.05, 0.1) is 11.8 Å². The molecule has 1 aliphatic carbocycles. The Morgan fingerprint density at radius 1 is 0.958 bits per heavy atom. The number of nitrogens with one attached hydrogen (secondary N) is 1. The van der Waals surface area contributed by atoms with E-state index in [-0.39, 0.29) is 17.1 Å². The Labute approximate surface area is 153 Å². The first-order chi connectivity index (χ1) is 11.4. The average molecular weight is 356 g/mol. The molecule has 1 aliphatic heterocycles. The molecule has 0 saturated carbocycles. The second-order valence-electron chi connectivity index (χ2n) is 6.09. The van der Waals surface area contributed by atoms with Crippen molar-refractivity contribution in [1.82, 2.24) is 5.43 Å². The number of nitrogens with zero attached hydrogens (tertiary/aromatic N) is 1. The number of aryl methyl sites for hydroxylation is 1. The molecule has 0 amide bonds. The molecule has 0 fully saturated rings. The molecule has 0 spiro atoms. The quantitative estimate of drug-likeness (QED) is 0.507. The molecule has 1 N–H and O–H groups in total. The Balaban J connectivity index is 0.000000245. The molecule has 2 unspecified atom stereocenters. The zero-order valence-corrected chi connectivity index (χ0v) is 14.5. The smallest absolute Gasteiger partial charge is 0.304 e. The Kier molecular flexibility index (Phi) is 5.34. The molecular weight excluding hydrogens is 336 g/mol. The zero-order valence-electron chi connectivity index (χ0n) is 13.4. The largest absolute Gasteiger partial charge is 2.00 e. The van der Waals surface area contributed by atoms with Crippen LogP contribution in [0.1, 0.15) is 29.2 Å². The van der Waals surface area contributed by atoms with Gasteiger partial charge in [-0.05, 0) is 18.4 Å². The van der Waals surface area contributed by atoms with Crippen molar-refractivity contribution in [2.45, 2.75) is 18.9 Å². The maximum Gasteiger partial charge on any atom is 2.00 e. The standard InChI is InChI=1S/C16H15N2.C5H5.Fe/c1-2-7-12(6-1)15-14-10-9-11-5-3-4-8-13(11)16(14)18-17-15;1-2-4-5-3-1;/h1-8,14-15,17H,9-10H2;1-5H;/q2*-1;+2. The van der Waals surface area contributed by atoms with Gasteiger partial charge in [0.2, 0.25) is 0 Å². The van der Waals surface area contributed by atoms with Crippen LogP contribution in [0.5, 0.6) is 0 Å². The molecule has 0 radical (unpaired) electrons. The first kappa shape index (κ1) is 16.8. The van der Waals surface area contributed by atoms with Gasteiger partial charge in [0.15, 0.2) is 0 Å². The van der Waals surface area contributed by atoms with E-state index in [1.165, 1.54) is 35.2 Å². The van der Waals surface area contributed by atoms with Crippen LogP contribution in [-0.2, 0) is 23.5 Å². The molecule has 3 aromatic rings. The third-order valence-electron chi connectivity index (χ3n) is 4.70. The van der Waals surface area contributed by atoms with Crippen molar-refractivity contribution in [3.63, 3.8) is 0 Å². The van der Waals surface area contributed by atoms with Gasteiger partial charge in [0.1, 0.15) is 0 Å². The Hall–Kier alpha value is -2.09. The normalized spacial score (nSPS) is 20.4. The maximum atomic E-state index is 4.60. The van der Waals surface area contributed by atoms with Gasteiger partial charge < -0.3 is 5.43 Å². The van der Waals surface area contributed by atoms with Crippen LogP contribution in [0.3, 0.4) is 0 Å². The molecule has 24 heavy (non-hydrogen) atoms. The van der Waals surface area contributed by atoms with Gasteiger partial charge in [-0.25, -0.2) is 24.3 Å². The molecule has 2 atom stereocenters. The van der Waals surface area contributed by atoms with E-state index in [0.717, 1.165) is 0 Å². The van der Waals surface area contributed by atoms with E-state index in [1.54, 1.807) is 0 Å². The summed E-state index contributed by atoms with van der Waals surface area (Å²) in [5.41, 5.74) is 8.73. The minimum Gasteiger partial charge on any atom is -0.304 e. The topological polar surface area (TPSA) is 24.4 Å². The number of hydrogen-bond donors (Lipinski definition) is 1. The van der Waals surface area contributed by atoms with Crippen molar-refractivity contribution in [3.8, 4) is 0 Å². The van der Waals surface area contributed by atoms with Gasteiger partial charge in [-0.3, -0.25) is 0 Å². The number of hydrogen-bond acceptors (Lipinski definition) is 2. The van der Waals surface area contributed by atoms with E-state index in [2.05, 4.69) is 59.1 Å². The average Bonchev–Trinajstić information content (AvgIpc) is 3.36. The fourth-order valence-corrected chi connectivity index (χ4v) is 3.56. The van der Waals surface area contributed by atoms with Crippen LogP contribution in [0.2, 0.25) is 0 Å². The van der Waals surface area contributed by atoms with E-state index < -0.39 is 0 Å². The molecule has 1 heterocycles. The van der Waals surface area contributed by atoms with Crippen LogP contribution in [-0.4, -0.2) is 5.71 Å². The summed E-state index contributed by atoms with van der Waals surface area (Å²) in [5.74, 6) is 0.530. The van der Waals surface area contributed by atoms with Crippen LogP contribution in [0.25, 0.3) is 0 Å². The molecule has 122 valence electrons. The summed E-state index contributed by atoms with van der Waals surface area (Å²) in [5, 5.41) is 4.60. The fourth-order valence-electron chi connectivity index (χ4n) is 3.56. The van der Waals surface area contributed by atoms with Gasteiger partial charge in [0.25, 0.3) is 0 Å². The minimum absolute atomic E-state index is 0. The molecule has 3 heteroatoms. The van der Waals surface area contributed by atoms with Gasteiger partial charge in [-0.15, -0.1) is 5.56 Å². The summed E-state index contributed by atoms with van der Waals surface area (Å²) < 4.78 is 0. The third kappa shape index (κ3) is 3.24. The van der Waals surface area contributed by atoms with Crippen LogP contribution in [0.15, 0.2) is 84.0 Å². The van der Waals surface area contributed by atoms with Crippen LogP contribution in [0.4, 0.5) is 0 Å². The van der Waals surface area contributed by atoms with Crippen molar-refractivity contribution in [2.75, 3.05) is 0 Å². The molecule has 2 nitrogen and oxygen atoms in total. The number of benzene rings is 1. The molecule has 2 aliphatic rings. The van der Waals surface area contributed by atoms with Gasteiger partial charge in [-0.1, -0.05) is 24.3 Å². The Morgan fingerprint density at radius 2 is 1.79 bits per heavy atom. The molecular formula is C21H20FeN2. The molecule has 0 saturated heterocycles. The van der Waals surface area contributed by atoms with Crippen molar-refractivity contribution in [2.24, 2.45) is 11.0 Å². The van der Waals surface area contributed by atoms with Crippen molar-refractivity contribution in [1.29, 1.82) is 0 Å². The molecule has 0 aromatic heterocycles. The summed E-state index contributed by atoms with van der Waals surface area (Å²) in [6.45, 7) is 0. The summed E-state index contributed by atoms with van der Waals surface area (Å²) in [7, 11) is 0. The number of fused-ring (bicyclic) bond motifs is 3. The van der Waals surface area contributed by atoms with Crippen molar-refractivity contribution < 1.29 is 17.1 Å². The number of rotatable bonds is 1. The predicted octanol–water partition coefficient (Wildman–Crippen LogP) is 4.42. The summed E-state index contributed by atoms with van der Waals surface area (Å²) in [6.07, 6.45) is 2.36. The van der Waals surface area contributed by atoms with E-state index in [4.69, 9.17) is 0 Å². The predicted molar refractivity (Wildman–Crippen MR) is 94.7 cm³/mol. The Bertz CT molecular complexity index is 755. The second kappa shape index (κ2) is 7.65.